The van der Waals surface area contributed by atoms with Gasteiger partial charge >= 0.3 is 0 Å². The van der Waals surface area contributed by atoms with E-state index in [4.69, 9.17) is 9.47 Å². The van der Waals surface area contributed by atoms with Gasteiger partial charge in [-0.05, 0) is 42.5 Å². The second-order valence-corrected chi connectivity index (χ2v) is 6.03. The van der Waals surface area contributed by atoms with E-state index < -0.39 is 0 Å². The molecule has 28 heavy (non-hydrogen) atoms. The fourth-order valence-corrected chi connectivity index (χ4v) is 2.80. The topological polar surface area (TPSA) is 81.6 Å². The Bertz CT molecular complexity index is 980. The van der Waals surface area contributed by atoms with Crippen LogP contribution in [0.15, 0.2) is 60.9 Å². The van der Waals surface area contributed by atoms with Gasteiger partial charge in [-0.2, -0.15) is 0 Å². The van der Waals surface area contributed by atoms with Gasteiger partial charge in [-0.25, -0.2) is 0 Å². The van der Waals surface area contributed by atoms with Gasteiger partial charge in [0.05, 0.1) is 25.5 Å². The predicted molar refractivity (Wildman–Crippen MR) is 108 cm³/mol. The highest BCUT2D eigenvalue weighted by Gasteiger charge is 2.18. The highest BCUT2D eigenvalue weighted by molar-refractivity contribution is 6.07. The van der Waals surface area contributed by atoms with Crippen molar-refractivity contribution in [2.75, 3.05) is 24.9 Å². The van der Waals surface area contributed by atoms with Gasteiger partial charge in [0.2, 0.25) is 5.91 Å². The van der Waals surface area contributed by atoms with Crippen molar-refractivity contribution in [3.8, 4) is 17.2 Å². The van der Waals surface area contributed by atoms with Crippen molar-refractivity contribution in [1.29, 1.82) is 0 Å². The molecule has 2 aromatic carbocycles. The van der Waals surface area contributed by atoms with Crippen LogP contribution in [0.4, 0.5) is 11.4 Å². The number of amides is 2. The van der Waals surface area contributed by atoms with Crippen LogP contribution in [0, 0.1) is 0 Å². The van der Waals surface area contributed by atoms with E-state index in [2.05, 4.69) is 10.6 Å². The Morgan fingerprint density at radius 2 is 1.39 bits per heavy atom. The molecule has 0 saturated carbocycles. The van der Waals surface area contributed by atoms with Crippen LogP contribution >= 0.6 is 0 Å². The summed E-state index contributed by atoms with van der Waals surface area (Å²) in [6, 6.07) is 14.0. The quantitative estimate of drug-likeness (QED) is 0.684. The lowest BCUT2D eigenvalue weighted by Gasteiger charge is -2.16. The molecular weight excluding hydrogens is 358 g/mol. The predicted octanol–water partition coefficient (Wildman–Crippen LogP) is 3.71. The molecule has 0 saturated heterocycles. The third kappa shape index (κ3) is 4.15. The number of nitrogens with one attached hydrogen (secondary N) is 2. The van der Waals surface area contributed by atoms with Crippen molar-refractivity contribution in [2.24, 2.45) is 0 Å². The SMILES string of the molecule is COc1cc(C(=O)Nc2ccc(NC(C)=O)cc2)c(-n2cccc2)cc1OC. The lowest BCUT2D eigenvalue weighted by atomic mass is 10.1. The lowest BCUT2D eigenvalue weighted by Crippen LogP contribution is -2.15. The minimum absolute atomic E-state index is 0.154. The molecule has 0 spiro atoms. The number of rotatable bonds is 6. The van der Waals surface area contributed by atoms with Crippen molar-refractivity contribution < 1.29 is 19.1 Å². The van der Waals surface area contributed by atoms with Gasteiger partial charge in [0.25, 0.3) is 5.91 Å². The Balaban J connectivity index is 1.93. The van der Waals surface area contributed by atoms with Crippen LogP contribution in [0.25, 0.3) is 5.69 Å². The van der Waals surface area contributed by atoms with E-state index in [-0.39, 0.29) is 11.8 Å². The van der Waals surface area contributed by atoms with Crippen LogP contribution in [0.2, 0.25) is 0 Å². The van der Waals surface area contributed by atoms with E-state index in [0.29, 0.717) is 34.1 Å². The standard InChI is InChI=1S/C21H21N3O4/c1-14(25)22-15-6-8-16(9-7-15)23-21(26)17-12-19(27-2)20(28-3)13-18(17)24-10-4-5-11-24/h4-13H,1-3H3,(H,22,25)(H,23,26). The first kappa shape index (κ1) is 19.0. The highest BCUT2D eigenvalue weighted by Crippen LogP contribution is 2.33. The van der Waals surface area contributed by atoms with Crippen LogP contribution in [-0.2, 0) is 4.79 Å². The second kappa shape index (κ2) is 8.30. The number of nitrogens with zero attached hydrogens (tertiary/aromatic N) is 1. The molecule has 0 unspecified atom stereocenters. The molecule has 3 aromatic rings. The fraction of sp³-hybridized carbons (Fsp3) is 0.143. The Labute approximate surface area is 162 Å². The largest absolute Gasteiger partial charge is 0.493 e. The summed E-state index contributed by atoms with van der Waals surface area (Å²) < 4.78 is 12.5. The van der Waals surface area contributed by atoms with E-state index in [1.165, 1.54) is 14.0 Å². The van der Waals surface area contributed by atoms with Crippen molar-refractivity contribution in [3.63, 3.8) is 0 Å². The van der Waals surface area contributed by atoms with Gasteiger partial charge in [-0.1, -0.05) is 0 Å². The molecular formula is C21H21N3O4. The summed E-state index contributed by atoms with van der Waals surface area (Å²) in [7, 11) is 3.07. The Hall–Kier alpha value is -3.74. The molecule has 2 amide bonds. The van der Waals surface area contributed by atoms with E-state index in [0.717, 1.165) is 0 Å². The number of hydrogen-bond acceptors (Lipinski definition) is 4. The fourth-order valence-electron chi connectivity index (χ4n) is 2.80. The second-order valence-electron chi connectivity index (χ2n) is 6.03. The number of carbonyl (C=O) groups excluding carboxylic acids is 2. The summed E-state index contributed by atoms with van der Waals surface area (Å²) >= 11 is 0. The molecule has 0 bridgehead atoms. The maximum Gasteiger partial charge on any atom is 0.257 e. The Morgan fingerprint density at radius 1 is 0.857 bits per heavy atom. The zero-order chi connectivity index (χ0) is 20.1. The Morgan fingerprint density at radius 3 is 1.93 bits per heavy atom. The van der Waals surface area contributed by atoms with Crippen LogP contribution in [0.5, 0.6) is 11.5 Å². The van der Waals surface area contributed by atoms with Gasteiger partial charge in [0, 0.05) is 36.8 Å². The zero-order valence-corrected chi connectivity index (χ0v) is 15.9. The minimum atomic E-state index is -0.295. The first-order valence-electron chi connectivity index (χ1n) is 8.60. The molecule has 144 valence electrons. The summed E-state index contributed by atoms with van der Waals surface area (Å²) in [6.07, 6.45) is 3.69. The van der Waals surface area contributed by atoms with Crippen LogP contribution < -0.4 is 20.1 Å². The van der Waals surface area contributed by atoms with Gasteiger partial charge in [-0.3, -0.25) is 9.59 Å². The molecule has 1 aromatic heterocycles. The van der Waals surface area contributed by atoms with E-state index in [1.807, 2.05) is 29.1 Å². The molecule has 2 N–H and O–H groups in total. The normalized spacial score (nSPS) is 10.2. The van der Waals surface area contributed by atoms with Crippen molar-refractivity contribution in [3.05, 3.63) is 66.5 Å². The maximum absolute atomic E-state index is 13.0. The van der Waals surface area contributed by atoms with E-state index in [9.17, 15) is 9.59 Å². The number of methoxy groups -OCH3 is 2. The van der Waals surface area contributed by atoms with E-state index >= 15 is 0 Å². The van der Waals surface area contributed by atoms with Crippen LogP contribution in [-0.4, -0.2) is 30.6 Å². The number of aromatic nitrogens is 1. The molecule has 0 radical (unpaired) electrons. The molecule has 0 aliphatic carbocycles. The van der Waals surface area contributed by atoms with Crippen molar-refractivity contribution >= 4 is 23.2 Å². The van der Waals surface area contributed by atoms with Crippen LogP contribution in [0.1, 0.15) is 17.3 Å². The number of benzene rings is 2. The summed E-state index contributed by atoms with van der Waals surface area (Å²) in [6.45, 7) is 1.44. The highest BCUT2D eigenvalue weighted by atomic mass is 16.5. The van der Waals surface area contributed by atoms with Crippen molar-refractivity contribution in [2.45, 2.75) is 6.92 Å². The molecule has 3 rings (SSSR count). The molecule has 0 fully saturated rings. The number of carbonyl (C=O) groups is 2. The molecule has 1 heterocycles. The first-order valence-corrected chi connectivity index (χ1v) is 8.60. The number of ether oxygens (including phenoxy) is 2. The van der Waals surface area contributed by atoms with Gasteiger partial charge < -0.3 is 24.7 Å². The van der Waals surface area contributed by atoms with E-state index in [1.54, 1.807) is 43.5 Å². The average Bonchev–Trinajstić information content (AvgIpc) is 3.22. The first-order chi connectivity index (χ1) is 13.5. The number of hydrogen-bond donors (Lipinski definition) is 2. The maximum atomic E-state index is 13.0. The third-order valence-corrected chi connectivity index (χ3v) is 4.09. The molecule has 7 nitrogen and oxygen atoms in total. The summed E-state index contributed by atoms with van der Waals surface area (Å²) in [5, 5.41) is 5.56. The molecule has 0 atom stereocenters. The van der Waals surface area contributed by atoms with Crippen LogP contribution in [0.3, 0.4) is 0 Å². The third-order valence-electron chi connectivity index (χ3n) is 4.09. The number of anilines is 2. The minimum Gasteiger partial charge on any atom is -0.493 e. The molecule has 0 aliphatic heterocycles. The smallest absolute Gasteiger partial charge is 0.257 e. The summed E-state index contributed by atoms with van der Waals surface area (Å²) in [4.78, 5) is 24.1. The molecule has 0 aliphatic rings. The monoisotopic (exact) mass is 379 g/mol. The molecule has 7 heteroatoms. The van der Waals surface area contributed by atoms with Crippen molar-refractivity contribution in [1.82, 2.24) is 4.57 Å². The lowest BCUT2D eigenvalue weighted by molar-refractivity contribution is -0.114. The zero-order valence-electron chi connectivity index (χ0n) is 15.9. The Kier molecular flexibility index (Phi) is 5.64. The summed E-state index contributed by atoms with van der Waals surface area (Å²) in [5.74, 6) is 0.544. The van der Waals surface area contributed by atoms with Gasteiger partial charge in [0.15, 0.2) is 11.5 Å². The summed E-state index contributed by atoms with van der Waals surface area (Å²) in [5.41, 5.74) is 2.35. The van der Waals surface area contributed by atoms with Gasteiger partial charge in [-0.15, -0.1) is 0 Å². The van der Waals surface area contributed by atoms with Gasteiger partial charge in [0.1, 0.15) is 0 Å². The average molecular weight is 379 g/mol.